The van der Waals surface area contributed by atoms with E-state index in [-0.39, 0.29) is 12.3 Å². The Balaban J connectivity index is 2.61. The highest BCUT2D eigenvalue weighted by Gasteiger charge is 2.23. The van der Waals surface area contributed by atoms with E-state index in [1.807, 2.05) is 37.3 Å². The first kappa shape index (κ1) is 17.7. The van der Waals surface area contributed by atoms with E-state index in [1.165, 1.54) is 6.92 Å². The average Bonchev–Trinajstić information content (AvgIpc) is 2.47. The van der Waals surface area contributed by atoms with Crippen molar-refractivity contribution in [2.75, 3.05) is 0 Å². The van der Waals surface area contributed by atoms with Crippen molar-refractivity contribution in [3.8, 4) is 0 Å². The molecule has 1 unspecified atom stereocenters. The van der Waals surface area contributed by atoms with E-state index in [1.54, 1.807) is 0 Å². The second-order valence-electron chi connectivity index (χ2n) is 5.14. The molecule has 1 rings (SSSR count). The van der Waals surface area contributed by atoms with Crippen LogP contribution in [-0.4, -0.2) is 35.0 Å². The molecule has 0 bridgehead atoms. The third-order valence-electron chi connectivity index (χ3n) is 3.17. The lowest BCUT2D eigenvalue weighted by molar-refractivity contribution is -0.141. The molecule has 0 aliphatic heterocycles. The van der Waals surface area contributed by atoms with Gasteiger partial charge in [0.15, 0.2) is 0 Å². The lowest BCUT2D eigenvalue weighted by Gasteiger charge is -2.19. The molecule has 1 aromatic rings. The van der Waals surface area contributed by atoms with Crippen molar-refractivity contribution < 1.29 is 19.5 Å². The number of benzene rings is 1. The Labute approximate surface area is 129 Å². The number of aliphatic carboxylic acids is 1. The minimum absolute atomic E-state index is 0.183. The molecule has 120 valence electrons. The van der Waals surface area contributed by atoms with Crippen molar-refractivity contribution in [1.29, 1.82) is 0 Å². The highest BCUT2D eigenvalue weighted by molar-refractivity contribution is 5.90. The normalized spacial score (nSPS) is 13.0. The van der Waals surface area contributed by atoms with Gasteiger partial charge in [-0.15, -0.1) is 0 Å². The summed E-state index contributed by atoms with van der Waals surface area (Å²) in [6.45, 7) is 3.28. The zero-order chi connectivity index (χ0) is 16.5. The first-order valence-corrected chi connectivity index (χ1v) is 7.30. The highest BCUT2D eigenvalue weighted by Crippen LogP contribution is 2.02. The fourth-order valence-corrected chi connectivity index (χ4v) is 1.96. The number of amides is 2. The topological polar surface area (TPSA) is 95.5 Å². The Morgan fingerprint density at radius 1 is 1.14 bits per heavy atom. The molecule has 0 aromatic heterocycles. The number of hydrogen-bond donors (Lipinski definition) is 3. The second-order valence-corrected chi connectivity index (χ2v) is 5.14. The van der Waals surface area contributed by atoms with Gasteiger partial charge in [-0.25, -0.2) is 0 Å². The van der Waals surface area contributed by atoms with E-state index in [0.29, 0.717) is 12.8 Å². The van der Waals surface area contributed by atoms with Crippen LogP contribution in [0.15, 0.2) is 30.3 Å². The van der Waals surface area contributed by atoms with Crippen LogP contribution in [0.5, 0.6) is 0 Å². The van der Waals surface area contributed by atoms with Gasteiger partial charge in [0, 0.05) is 0 Å². The smallest absolute Gasteiger partial charge is 0.325 e. The summed E-state index contributed by atoms with van der Waals surface area (Å²) in [7, 11) is 0. The maximum Gasteiger partial charge on any atom is 0.325 e. The van der Waals surface area contributed by atoms with E-state index in [4.69, 9.17) is 5.11 Å². The van der Waals surface area contributed by atoms with Gasteiger partial charge in [0.2, 0.25) is 11.8 Å². The molecule has 0 saturated heterocycles. The van der Waals surface area contributed by atoms with Crippen LogP contribution in [0.1, 0.15) is 32.3 Å². The van der Waals surface area contributed by atoms with Gasteiger partial charge in [0.1, 0.15) is 12.1 Å². The molecule has 2 atom stereocenters. The third kappa shape index (κ3) is 5.95. The summed E-state index contributed by atoms with van der Waals surface area (Å²) < 4.78 is 0. The van der Waals surface area contributed by atoms with Crippen LogP contribution < -0.4 is 10.6 Å². The largest absolute Gasteiger partial charge is 0.480 e. The molecule has 0 aliphatic rings. The van der Waals surface area contributed by atoms with Crippen LogP contribution in [-0.2, 0) is 20.8 Å². The second kappa shape index (κ2) is 8.81. The molecule has 6 nitrogen and oxygen atoms in total. The molecule has 2 amide bonds. The molecule has 0 heterocycles. The third-order valence-corrected chi connectivity index (χ3v) is 3.17. The van der Waals surface area contributed by atoms with Gasteiger partial charge in [0.05, 0.1) is 6.42 Å². The van der Waals surface area contributed by atoms with Crippen molar-refractivity contribution in [3.05, 3.63) is 35.9 Å². The number of carboxylic acids is 1. The molecular weight excluding hydrogens is 284 g/mol. The number of rotatable bonds is 8. The van der Waals surface area contributed by atoms with Crippen LogP contribution >= 0.6 is 0 Å². The zero-order valence-corrected chi connectivity index (χ0v) is 12.8. The van der Waals surface area contributed by atoms with Crippen molar-refractivity contribution >= 4 is 17.8 Å². The highest BCUT2D eigenvalue weighted by atomic mass is 16.4. The Hall–Kier alpha value is -2.37. The van der Waals surface area contributed by atoms with Gasteiger partial charge in [-0.2, -0.15) is 0 Å². The quantitative estimate of drug-likeness (QED) is 0.670. The summed E-state index contributed by atoms with van der Waals surface area (Å²) in [4.78, 5) is 34.8. The number of hydrogen-bond acceptors (Lipinski definition) is 3. The summed E-state index contributed by atoms with van der Waals surface area (Å²) >= 11 is 0. The summed E-state index contributed by atoms with van der Waals surface area (Å²) in [5, 5.41) is 13.9. The average molecular weight is 306 g/mol. The SMILES string of the molecule is CCCC(NC(=O)Cc1ccccc1)C(=O)N[C@@H](C)C(=O)O. The maximum atomic E-state index is 12.0. The first-order valence-electron chi connectivity index (χ1n) is 7.30. The molecule has 0 fully saturated rings. The van der Waals surface area contributed by atoms with Crippen LogP contribution in [0.25, 0.3) is 0 Å². The van der Waals surface area contributed by atoms with Crippen molar-refractivity contribution in [1.82, 2.24) is 10.6 Å². The molecule has 0 radical (unpaired) electrons. The van der Waals surface area contributed by atoms with E-state index in [9.17, 15) is 14.4 Å². The van der Waals surface area contributed by atoms with Crippen LogP contribution in [0.4, 0.5) is 0 Å². The lowest BCUT2D eigenvalue weighted by atomic mass is 10.1. The zero-order valence-electron chi connectivity index (χ0n) is 12.8. The monoisotopic (exact) mass is 306 g/mol. The molecule has 0 aliphatic carbocycles. The predicted molar refractivity (Wildman–Crippen MR) is 82.2 cm³/mol. The Bertz CT molecular complexity index is 516. The minimum atomic E-state index is -1.11. The standard InChI is InChI=1S/C16H22N2O4/c1-3-7-13(15(20)17-11(2)16(21)22)18-14(19)10-12-8-5-4-6-9-12/h4-6,8-9,11,13H,3,7,10H2,1-2H3,(H,17,20)(H,18,19)(H,21,22)/t11-,13?/m0/s1. The Kier molecular flexibility index (Phi) is 7.08. The van der Waals surface area contributed by atoms with E-state index >= 15 is 0 Å². The number of carboxylic acid groups (broad SMARTS) is 1. The summed E-state index contributed by atoms with van der Waals surface area (Å²) in [5.74, 6) is -1.85. The van der Waals surface area contributed by atoms with Crippen molar-refractivity contribution in [3.63, 3.8) is 0 Å². The maximum absolute atomic E-state index is 12.0. The van der Waals surface area contributed by atoms with E-state index in [0.717, 1.165) is 5.56 Å². The molecule has 6 heteroatoms. The van der Waals surface area contributed by atoms with Crippen LogP contribution in [0, 0.1) is 0 Å². The Morgan fingerprint density at radius 2 is 1.77 bits per heavy atom. The van der Waals surface area contributed by atoms with Gasteiger partial charge in [0.25, 0.3) is 0 Å². The Morgan fingerprint density at radius 3 is 2.32 bits per heavy atom. The van der Waals surface area contributed by atoms with Gasteiger partial charge in [-0.05, 0) is 18.9 Å². The number of carbonyl (C=O) groups excluding carboxylic acids is 2. The van der Waals surface area contributed by atoms with Crippen LogP contribution in [0.3, 0.4) is 0 Å². The van der Waals surface area contributed by atoms with Gasteiger partial charge < -0.3 is 15.7 Å². The summed E-state index contributed by atoms with van der Waals surface area (Å²) in [5.41, 5.74) is 0.856. The number of nitrogens with one attached hydrogen (secondary N) is 2. The molecule has 1 aromatic carbocycles. The van der Waals surface area contributed by atoms with Gasteiger partial charge in [-0.3, -0.25) is 14.4 Å². The van der Waals surface area contributed by atoms with Crippen LogP contribution in [0.2, 0.25) is 0 Å². The van der Waals surface area contributed by atoms with Crippen molar-refractivity contribution in [2.24, 2.45) is 0 Å². The van der Waals surface area contributed by atoms with Gasteiger partial charge >= 0.3 is 5.97 Å². The molecule has 22 heavy (non-hydrogen) atoms. The summed E-state index contributed by atoms with van der Waals surface area (Å²) in [6.07, 6.45) is 1.34. The molecule has 0 spiro atoms. The molecular formula is C16H22N2O4. The predicted octanol–water partition coefficient (Wildman–Crippen LogP) is 1.10. The lowest BCUT2D eigenvalue weighted by Crippen LogP contribution is -2.51. The van der Waals surface area contributed by atoms with Crippen molar-refractivity contribution in [2.45, 2.75) is 45.2 Å². The molecule has 3 N–H and O–H groups in total. The molecule has 0 saturated carbocycles. The van der Waals surface area contributed by atoms with E-state index in [2.05, 4.69) is 10.6 Å². The minimum Gasteiger partial charge on any atom is -0.480 e. The first-order chi connectivity index (χ1) is 10.4. The van der Waals surface area contributed by atoms with E-state index < -0.39 is 24.0 Å². The number of carbonyl (C=O) groups is 3. The van der Waals surface area contributed by atoms with Gasteiger partial charge in [-0.1, -0.05) is 43.7 Å². The fourth-order valence-electron chi connectivity index (χ4n) is 1.96. The fraction of sp³-hybridized carbons (Fsp3) is 0.438. The summed E-state index contributed by atoms with van der Waals surface area (Å²) in [6, 6.07) is 7.51.